The largest absolute Gasteiger partial charge is 0.328 e. The van der Waals surface area contributed by atoms with Crippen LogP contribution in [0.1, 0.15) is 33.6 Å². The fraction of sp³-hybridized carbons (Fsp3) is 1.00. The van der Waals surface area contributed by atoms with Gasteiger partial charge in [0.2, 0.25) is 0 Å². The lowest BCUT2D eigenvalue weighted by molar-refractivity contribution is 0.0478. The summed E-state index contributed by atoms with van der Waals surface area (Å²) in [4.78, 5) is 5.33. The van der Waals surface area contributed by atoms with Gasteiger partial charge in [0.15, 0.2) is 0 Å². The standard InChI is InChI=1S/C13H27N3/c1-10(12(3)14)7-16-9-13-5-4-6-15(13)8-11(16)2/h10-13H,4-9,14H2,1-3H3. The van der Waals surface area contributed by atoms with Crippen molar-refractivity contribution in [3.05, 3.63) is 0 Å². The zero-order valence-electron chi connectivity index (χ0n) is 11.0. The van der Waals surface area contributed by atoms with Crippen LogP contribution in [-0.4, -0.2) is 54.1 Å². The number of rotatable bonds is 3. The Morgan fingerprint density at radius 2 is 2.06 bits per heavy atom. The van der Waals surface area contributed by atoms with Gasteiger partial charge in [0.1, 0.15) is 0 Å². The second kappa shape index (κ2) is 5.03. The van der Waals surface area contributed by atoms with E-state index in [9.17, 15) is 0 Å². The molecule has 0 aliphatic carbocycles. The molecule has 2 heterocycles. The van der Waals surface area contributed by atoms with Crippen LogP contribution in [0.15, 0.2) is 0 Å². The molecule has 0 bridgehead atoms. The minimum absolute atomic E-state index is 0.314. The van der Waals surface area contributed by atoms with Gasteiger partial charge in [0, 0.05) is 37.8 Å². The molecule has 0 aromatic rings. The molecule has 4 atom stereocenters. The molecular formula is C13H27N3. The molecule has 2 N–H and O–H groups in total. The minimum atomic E-state index is 0.314. The molecule has 0 radical (unpaired) electrons. The van der Waals surface area contributed by atoms with Gasteiger partial charge in [-0.3, -0.25) is 9.80 Å². The lowest BCUT2D eigenvalue weighted by atomic mass is 10.0. The summed E-state index contributed by atoms with van der Waals surface area (Å²) >= 11 is 0. The molecule has 2 aliphatic rings. The summed E-state index contributed by atoms with van der Waals surface area (Å²) in [6.45, 7) is 11.8. The highest BCUT2D eigenvalue weighted by Crippen LogP contribution is 2.25. The molecule has 0 amide bonds. The predicted octanol–water partition coefficient (Wildman–Crippen LogP) is 1.14. The van der Waals surface area contributed by atoms with Crippen LogP contribution in [0.2, 0.25) is 0 Å². The van der Waals surface area contributed by atoms with E-state index in [4.69, 9.17) is 5.73 Å². The van der Waals surface area contributed by atoms with E-state index in [-0.39, 0.29) is 0 Å². The lowest BCUT2D eigenvalue weighted by Gasteiger charge is -2.43. The molecule has 2 rings (SSSR count). The smallest absolute Gasteiger partial charge is 0.0224 e. The lowest BCUT2D eigenvalue weighted by Crippen LogP contribution is -2.56. The maximum atomic E-state index is 5.97. The van der Waals surface area contributed by atoms with Crippen LogP contribution in [0.5, 0.6) is 0 Å². The molecular weight excluding hydrogens is 198 g/mol. The Balaban J connectivity index is 1.89. The highest BCUT2D eigenvalue weighted by atomic mass is 15.3. The van der Waals surface area contributed by atoms with Crippen molar-refractivity contribution in [1.29, 1.82) is 0 Å². The van der Waals surface area contributed by atoms with E-state index in [2.05, 4.69) is 30.6 Å². The Morgan fingerprint density at radius 3 is 2.75 bits per heavy atom. The average Bonchev–Trinajstić information content (AvgIpc) is 2.65. The van der Waals surface area contributed by atoms with E-state index in [0.717, 1.165) is 6.04 Å². The first-order chi connectivity index (χ1) is 7.58. The maximum absolute atomic E-state index is 5.97. The van der Waals surface area contributed by atoms with Crippen molar-refractivity contribution in [3.8, 4) is 0 Å². The van der Waals surface area contributed by atoms with Gasteiger partial charge in [0.25, 0.3) is 0 Å². The van der Waals surface area contributed by atoms with Crippen molar-refractivity contribution in [2.75, 3.05) is 26.2 Å². The van der Waals surface area contributed by atoms with Crippen LogP contribution >= 0.6 is 0 Å². The van der Waals surface area contributed by atoms with E-state index in [0.29, 0.717) is 18.0 Å². The second-order valence-corrected chi connectivity index (χ2v) is 5.93. The third-order valence-corrected chi connectivity index (χ3v) is 4.49. The van der Waals surface area contributed by atoms with Crippen molar-refractivity contribution in [2.45, 2.75) is 51.7 Å². The van der Waals surface area contributed by atoms with Crippen LogP contribution in [-0.2, 0) is 0 Å². The molecule has 2 aliphatic heterocycles. The van der Waals surface area contributed by atoms with Gasteiger partial charge in [0.05, 0.1) is 0 Å². The molecule has 3 heteroatoms. The van der Waals surface area contributed by atoms with E-state index in [1.165, 1.54) is 39.0 Å². The molecule has 2 fully saturated rings. The molecule has 0 aromatic heterocycles. The molecule has 16 heavy (non-hydrogen) atoms. The van der Waals surface area contributed by atoms with E-state index < -0.39 is 0 Å². The van der Waals surface area contributed by atoms with Gasteiger partial charge < -0.3 is 5.73 Å². The quantitative estimate of drug-likeness (QED) is 0.782. The fourth-order valence-electron chi connectivity index (χ4n) is 3.04. The summed E-state index contributed by atoms with van der Waals surface area (Å²) < 4.78 is 0. The van der Waals surface area contributed by atoms with Crippen molar-refractivity contribution in [1.82, 2.24) is 9.80 Å². The van der Waals surface area contributed by atoms with Crippen molar-refractivity contribution >= 4 is 0 Å². The highest BCUT2D eigenvalue weighted by Gasteiger charge is 2.34. The van der Waals surface area contributed by atoms with E-state index in [1.54, 1.807) is 0 Å². The third-order valence-electron chi connectivity index (χ3n) is 4.49. The average molecular weight is 225 g/mol. The first kappa shape index (κ1) is 12.3. The predicted molar refractivity (Wildman–Crippen MR) is 68.4 cm³/mol. The molecule has 3 nitrogen and oxygen atoms in total. The number of nitrogens with zero attached hydrogens (tertiary/aromatic N) is 2. The summed E-state index contributed by atoms with van der Waals surface area (Å²) in [5, 5.41) is 0. The minimum Gasteiger partial charge on any atom is -0.328 e. The Hall–Kier alpha value is -0.120. The van der Waals surface area contributed by atoms with Gasteiger partial charge in [-0.05, 0) is 39.2 Å². The van der Waals surface area contributed by atoms with E-state index >= 15 is 0 Å². The number of hydrogen-bond acceptors (Lipinski definition) is 3. The van der Waals surface area contributed by atoms with Gasteiger partial charge in [-0.15, -0.1) is 0 Å². The Labute approximate surface area is 100.0 Å². The van der Waals surface area contributed by atoms with Gasteiger partial charge in [-0.1, -0.05) is 6.92 Å². The molecule has 0 spiro atoms. The summed E-state index contributed by atoms with van der Waals surface area (Å²) in [6.07, 6.45) is 2.80. The zero-order chi connectivity index (χ0) is 11.7. The number of nitrogens with two attached hydrogens (primary N) is 1. The van der Waals surface area contributed by atoms with Crippen LogP contribution in [0, 0.1) is 5.92 Å². The summed E-state index contributed by atoms with van der Waals surface area (Å²) in [7, 11) is 0. The van der Waals surface area contributed by atoms with Crippen LogP contribution in [0.25, 0.3) is 0 Å². The number of piperazine rings is 1. The second-order valence-electron chi connectivity index (χ2n) is 5.93. The normalized spacial score (nSPS) is 36.0. The molecule has 0 saturated carbocycles. The van der Waals surface area contributed by atoms with Crippen molar-refractivity contribution in [2.24, 2.45) is 11.7 Å². The Kier molecular flexibility index (Phi) is 3.88. The summed E-state index contributed by atoms with van der Waals surface area (Å²) in [5.74, 6) is 0.607. The number of hydrogen-bond donors (Lipinski definition) is 1. The van der Waals surface area contributed by atoms with Crippen LogP contribution < -0.4 is 5.73 Å². The monoisotopic (exact) mass is 225 g/mol. The van der Waals surface area contributed by atoms with Gasteiger partial charge >= 0.3 is 0 Å². The number of fused-ring (bicyclic) bond motifs is 1. The fourth-order valence-corrected chi connectivity index (χ4v) is 3.04. The Bertz CT molecular complexity index is 227. The van der Waals surface area contributed by atoms with Gasteiger partial charge in [-0.25, -0.2) is 0 Å². The van der Waals surface area contributed by atoms with Crippen LogP contribution in [0.3, 0.4) is 0 Å². The summed E-state index contributed by atoms with van der Waals surface area (Å²) in [6, 6.07) is 1.85. The van der Waals surface area contributed by atoms with Crippen molar-refractivity contribution in [3.63, 3.8) is 0 Å². The van der Waals surface area contributed by atoms with Crippen LogP contribution in [0.4, 0.5) is 0 Å². The zero-order valence-corrected chi connectivity index (χ0v) is 11.0. The molecule has 2 saturated heterocycles. The SMILES string of the molecule is CC(N)C(C)CN1CC2CCCN2CC1C. The Morgan fingerprint density at radius 1 is 1.31 bits per heavy atom. The first-order valence-corrected chi connectivity index (χ1v) is 6.81. The first-order valence-electron chi connectivity index (χ1n) is 6.81. The molecule has 94 valence electrons. The van der Waals surface area contributed by atoms with Crippen molar-refractivity contribution < 1.29 is 0 Å². The molecule has 4 unspecified atom stereocenters. The topological polar surface area (TPSA) is 32.5 Å². The third kappa shape index (κ3) is 2.58. The van der Waals surface area contributed by atoms with E-state index in [1.807, 2.05) is 0 Å². The van der Waals surface area contributed by atoms with Gasteiger partial charge in [-0.2, -0.15) is 0 Å². The summed E-state index contributed by atoms with van der Waals surface area (Å²) in [5.41, 5.74) is 5.97. The maximum Gasteiger partial charge on any atom is 0.0224 e. The highest BCUT2D eigenvalue weighted by molar-refractivity contribution is 4.91. The molecule has 0 aromatic carbocycles.